The van der Waals surface area contributed by atoms with Crippen LogP contribution in [-0.2, 0) is 12.1 Å². The molecule has 0 saturated heterocycles. The zero-order valence-corrected chi connectivity index (χ0v) is 11.4. The van der Waals surface area contributed by atoms with E-state index in [0.717, 1.165) is 13.1 Å². The maximum atomic E-state index is 3.45. The van der Waals surface area contributed by atoms with Gasteiger partial charge in [0.25, 0.3) is 0 Å². The van der Waals surface area contributed by atoms with E-state index in [2.05, 4.69) is 64.0 Å². The van der Waals surface area contributed by atoms with Gasteiger partial charge in [-0.25, -0.2) is 0 Å². The van der Waals surface area contributed by atoms with Crippen LogP contribution in [0.3, 0.4) is 0 Å². The summed E-state index contributed by atoms with van der Waals surface area (Å²) in [6, 6.07) is 0. The van der Waals surface area contributed by atoms with Crippen LogP contribution < -0.4 is 9.88 Å². The lowest BCUT2D eigenvalue weighted by Crippen LogP contribution is -2.44. The second-order valence-corrected chi connectivity index (χ2v) is 6.23. The number of nitrogens with zero attached hydrogens (tertiary/aromatic N) is 2. The first-order valence-electron chi connectivity index (χ1n) is 5.86. The van der Waals surface area contributed by atoms with Crippen LogP contribution in [0.4, 0.5) is 0 Å². The molecule has 0 aliphatic carbocycles. The predicted octanol–water partition coefficient (Wildman–Crippen LogP) is 1.52. The number of rotatable bonds is 3. The molecule has 0 aliphatic rings. The number of aromatic nitrogens is 2. The zero-order valence-electron chi connectivity index (χ0n) is 11.4. The van der Waals surface area contributed by atoms with Gasteiger partial charge in [0.2, 0.25) is 0 Å². The summed E-state index contributed by atoms with van der Waals surface area (Å²) < 4.78 is 4.04. The van der Waals surface area contributed by atoms with Gasteiger partial charge in [-0.2, -0.15) is 0 Å². The Morgan fingerprint density at radius 3 is 2.25 bits per heavy atom. The molecule has 1 heterocycles. The van der Waals surface area contributed by atoms with Gasteiger partial charge in [-0.1, -0.05) is 6.20 Å². The maximum Gasteiger partial charge on any atom is 0.0677 e. The third-order valence-corrected chi connectivity index (χ3v) is 2.28. The van der Waals surface area contributed by atoms with Gasteiger partial charge >= 0.3 is 0 Å². The summed E-state index contributed by atoms with van der Waals surface area (Å²) in [4.78, 5) is 0. The van der Waals surface area contributed by atoms with Crippen molar-refractivity contribution >= 4 is 0 Å². The highest BCUT2D eigenvalue weighted by molar-refractivity contribution is 4.76. The molecule has 0 radical (unpaired) electrons. The molecule has 1 N–H and O–H groups in total. The van der Waals surface area contributed by atoms with E-state index in [1.165, 1.54) is 0 Å². The van der Waals surface area contributed by atoms with Crippen molar-refractivity contribution in [3.8, 4) is 0 Å². The number of hydrogen-bond donors (Lipinski definition) is 1. The minimum atomic E-state index is 0.0825. The average Bonchev–Trinajstić information content (AvgIpc) is 2.49. The second kappa shape index (κ2) is 4.58. The molecule has 3 nitrogen and oxygen atoms in total. The molecule has 92 valence electrons. The van der Waals surface area contributed by atoms with Crippen LogP contribution >= 0.6 is 0 Å². The molecule has 0 atom stereocenters. The SMILES string of the molecule is CC(C)(C)NCC[n+]1[c-]cn(C(C)(C)C)[c-]1. The Hall–Kier alpha value is -0.830. The van der Waals surface area contributed by atoms with E-state index in [1.807, 2.05) is 10.8 Å². The first-order valence-corrected chi connectivity index (χ1v) is 5.86. The van der Waals surface area contributed by atoms with Gasteiger partial charge < -0.3 is 14.5 Å². The van der Waals surface area contributed by atoms with Crippen LogP contribution in [0.25, 0.3) is 0 Å². The van der Waals surface area contributed by atoms with E-state index >= 15 is 0 Å². The maximum absolute atomic E-state index is 3.45. The van der Waals surface area contributed by atoms with Crippen molar-refractivity contribution in [1.82, 2.24) is 9.88 Å². The van der Waals surface area contributed by atoms with Gasteiger partial charge in [0.15, 0.2) is 0 Å². The van der Waals surface area contributed by atoms with Crippen LogP contribution in [0.15, 0.2) is 6.20 Å². The molecule has 16 heavy (non-hydrogen) atoms. The molecule has 0 spiro atoms. The van der Waals surface area contributed by atoms with E-state index in [1.54, 1.807) is 0 Å². The fraction of sp³-hybridized carbons (Fsp3) is 0.769. The van der Waals surface area contributed by atoms with Gasteiger partial charge in [0.05, 0.1) is 5.54 Å². The van der Waals surface area contributed by atoms with E-state index in [9.17, 15) is 0 Å². The minimum Gasteiger partial charge on any atom is -0.583 e. The average molecular weight is 222 g/mol. The van der Waals surface area contributed by atoms with Crippen molar-refractivity contribution in [2.75, 3.05) is 6.54 Å². The summed E-state index contributed by atoms with van der Waals surface area (Å²) >= 11 is 0. The molecule has 0 bridgehead atoms. The minimum absolute atomic E-state index is 0.0825. The Bertz CT molecular complexity index is 326. The summed E-state index contributed by atoms with van der Waals surface area (Å²) in [5.41, 5.74) is 0.256. The highest BCUT2D eigenvalue weighted by Crippen LogP contribution is 2.10. The summed E-state index contributed by atoms with van der Waals surface area (Å²) in [6.45, 7) is 14.8. The lowest BCUT2D eigenvalue weighted by molar-refractivity contribution is -0.702. The summed E-state index contributed by atoms with van der Waals surface area (Å²) in [5, 5.41) is 3.45. The third kappa shape index (κ3) is 4.35. The summed E-state index contributed by atoms with van der Waals surface area (Å²) in [7, 11) is 0. The highest BCUT2D eigenvalue weighted by Gasteiger charge is 2.09. The van der Waals surface area contributed by atoms with Crippen LogP contribution in [0, 0.1) is 12.5 Å². The van der Waals surface area contributed by atoms with Crippen molar-refractivity contribution in [1.29, 1.82) is 0 Å². The Kier molecular flexibility index (Phi) is 3.79. The Balaban J connectivity index is 2.48. The molecule has 0 amide bonds. The quantitative estimate of drug-likeness (QED) is 0.607. The number of imidazole rings is 1. The monoisotopic (exact) mass is 222 g/mol. The Morgan fingerprint density at radius 1 is 1.19 bits per heavy atom. The first-order chi connectivity index (χ1) is 7.18. The largest absolute Gasteiger partial charge is 0.583 e. The lowest BCUT2D eigenvalue weighted by Gasteiger charge is -2.25. The summed E-state index contributed by atoms with van der Waals surface area (Å²) in [6.07, 6.45) is 8.42. The molecule has 0 aromatic carbocycles. The molecule has 0 unspecified atom stereocenters. The highest BCUT2D eigenvalue weighted by atomic mass is 15.2. The summed E-state index contributed by atoms with van der Waals surface area (Å²) in [5.74, 6) is 0. The van der Waals surface area contributed by atoms with E-state index in [0.29, 0.717) is 0 Å². The van der Waals surface area contributed by atoms with Gasteiger partial charge in [-0.05, 0) is 41.5 Å². The van der Waals surface area contributed by atoms with Crippen LogP contribution in [-0.4, -0.2) is 16.7 Å². The van der Waals surface area contributed by atoms with Gasteiger partial charge in [0, 0.05) is 18.6 Å². The number of hydrogen-bond acceptors (Lipinski definition) is 1. The predicted molar refractivity (Wildman–Crippen MR) is 65.1 cm³/mol. The standard InChI is InChI=1S/C13H24N3/c1-12(2,3)14-7-8-15-9-10-16(11-15)13(4,5)6/h10,14H,7-8H2,1-6H3/q-1. The lowest BCUT2D eigenvalue weighted by atomic mass is 10.1. The molecular weight excluding hydrogens is 198 g/mol. The smallest absolute Gasteiger partial charge is 0.0677 e. The topological polar surface area (TPSA) is 20.8 Å². The normalized spacial score (nSPS) is 13.1. The molecule has 1 aromatic heterocycles. The zero-order chi connectivity index (χ0) is 12.4. The van der Waals surface area contributed by atoms with Crippen molar-refractivity contribution in [2.45, 2.75) is 59.2 Å². The molecule has 0 saturated carbocycles. The van der Waals surface area contributed by atoms with Crippen molar-refractivity contribution in [2.24, 2.45) is 0 Å². The fourth-order valence-corrected chi connectivity index (χ4v) is 1.32. The Morgan fingerprint density at radius 2 is 1.81 bits per heavy atom. The van der Waals surface area contributed by atoms with Crippen molar-refractivity contribution < 1.29 is 4.57 Å². The van der Waals surface area contributed by atoms with Crippen LogP contribution in [0.2, 0.25) is 0 Å². The molecule has 0 aliphatic heterocycles. The molecule has 0 fully saturated rings. The van der Waals surface area contributed by atoms with Crippen molar-refractivity contribution in [3.63, 3.8) is 0 Å². The fourth-order valence-electron chi connectivity index (χ4n) is 1.32. The molecule has 3 heteroatoms. The Labute approximate surface area is 99.5 Å². The van der Waals surface area contributed by atoms with Gasteiger partial charge in [-0.3, -0.25) is 6.20 Å². The van der Waals surface area contributed by atoms with Crippen LogP contribution in [0.5, 0.6) is 0 Å². The van der Waals surface area contributed by atoms with E-state index < -0.39 is 0 Å². The molecular formula is C13H24N3-. The van der Waals surface area contributed by atoms with Gasteiger partial charge in [-0.15, -0.1) is 6.33 Å². The van der Waals surface area contributed by atoms with E-state index in [-0.39, 0.29) is 11.1 Å². The molecule has 1 aromatic rings. The third-order valence-electron chi connectivity index (χ3n) is 2.28. The first kappa shape index (κ1) is 13.2. The van der Waals surface area contributed by atoms with Crippen LogP contribution in [0.1, 0.15) is 41.5 Å². The molecule has 1 rings (SSSR count). The van der Waals surface area contributed by atoms with Gasteiger partial charge in [0.1, 0.15) is 0 Å². The van der Waals surface area contributed by atoms with Crippen molar-refractivity contribution in [3.05, 3.63) is 18.7 Å². The number of nitrogens with one attached hydrogen (secondary N) is 1. The second-order valence-electron chi connectivity index (χ2n) is 6.23. The van der Waals surface area contributed by atoms with E-state index in [4.69, 9.17) is 0 Å².